The second-order valence-electron chi connectivity index (χ2n) is 7.43. The zero-order chi connectivity index (χ0) is 21.3. The lowest BCUT2D eigenvalue weighted by Gasteiger charge is -2.31. The Morgan fingerprint density at radius 3 is 2.57 bits per heavy atom. The summed E-state index contributed by atoms with van der Waals surface area (Å²) in [6.07, 6.45) is 4.60. The molecule has 1 amide bonds. The van der Waals surface area contributed by atoms with E-state index in [2.05, 4.69) is 6.92 Å². The predicted molar refractivity (Wildman–Crippen MR) is 109 cm³/mol. The summed E-state index contributed by atoms with van der Waals surface area (Å²) >= 11 is 0. The Hall–Kier alpha value is -3.62. The summed E-state index contributed by atoms with van der Waals surface area (Å²) in [5.41, 5.74) is -0.419. The Balaban J connectivity index is 1.83. The minimum Gasteiger partial charge on any atom is -0.454 e. The van der Waals surface area contributed by atoms with Gasteiger partial charge in [0.2, 0.25) is 6.79 Å². The first-order valence-corrected chi connectivity index (χ1v) is 9.71. The van der Waals surface area contributed by atoms with Gasteiger partial charge in [0, 0.05) is 25.4 Å². The zero-order valence-corrected chi connectivity index (χ0v) is 16.4. The molecule has 9 nitrogen and oxygen atoms in total. The van der Waals surface area contributed by atoms with E-state index in [0.717, 1.165) is 12.8 Å². The number of benzene rings is 1. The topological polar surface area (TPSA) is 104 Å². The molecule has 0 N–H and O–H groups in total. The van der Waals surface area contributed by atoms with Crippen LogP contribution in [0.3, 0.4) is 0 Å². The van der Waals surface area contributed by atoms with Crippen LogP contribution in [0.1, 0.15) is 25.3 Å². The van der Waals surface area contributed by atoms with Crippen LogP contribution in [0.2, 0.25) is 0 Å². The van der Waals surface area contributed by atoms with Crippen molar-refractivity contribution in [3.05, 3.63) is 62.6 Å². The fourth-order valence-corrected chi connectivity index (χ4v) is 3.60. The number of ether oxygens (including phenoxy) is 2. The number of aromatic nitrogens is 1. The molecule has 0 atom stereocenters. The van der Waals surface area contributed by atoms with Gasteiger partial charge in [-0.3, -0.25) is 24.3 Å². The molecule has 1 aromatic heterocycles. The van der Waals surface area contributed by atoms with E-state index in [4.69, 9.17) is 9.47 Å². The highest BCUT2D eigenvalue weighted by atomic mass is 16.7. The fourth-order valence-electron chi connectivity index (χ4n) is 3.60. The highest BCUT2D eigenvalue weighted by Gasteiger charge is 2.27. The first-order valence-electron chi connectivity index (χ1n) is 9.71. The molecule has 0 unspecified atom stereocenters. The van der Waals surface area contributed by atoms with Crippen molar-refractivity contribution < 1.29 is 19.2 Å². The summed E-state index contributed by atoms with van der Waals surface area (Å²) in [5, 5.41) is 11.6. The molecule has 3 heterocycles. The average molecular weight is 411 g/mol. The molecule has 1 aromatic carbocycles. The number of nitrogens with zero attached hydrogens (tertiary/aromatic N) is 3. The van der Waals surface area contributed by atoms with Crippen molar-refractivity contribution in [3.63, 3.8) is 0 Å². The number of rotatable bonds is 4. The van der Waals surface area contributed by atoms with Gasteiger partial charge in [-0.25, -0.2) is 0 Å². The molecule has 0 saturated carbocycles. The van der Waals surface area contributed by atoms with Crippen molar-refractivity contribution >= 4 is 23.4 Å². The number of nitro groups is 1. The van der Waals surface area contributed by atoms with Gasteiger partial charge in [-0.1, -0.05) is 13.0 Å². The Labute approximate surface area is 172 Å². The smallest absolute Gasteiger partial charge is 0.280 e. The van der Waals surface area contributed by atoms with Crippen molar-refractivity contribution in [1.82, 2.24) is 9.47 Å². The Bertz CT molecular complexity index is 1080. The third-order valence-corrected chi connectivity index (χ3v) is 5.38. The maximum absolute atomic E-state index is 13.3. The highest BCUT2D eigenvalue weighted by Crippen LogP contribution is 2.39. The van der Waals surface area contributed by atoms with E-state index < -0.39 is 10.5 Å². The summed E-state index contributed by atoms with van der Waals surface area (Å²) in [6, 6.07) is 7.28. The molecule has 1 saturated heterocycles. The standard InChI is InChI=1S/C21H21N3O6/c1-14-5-8-22(9-6-14)21(26)17(23-7-3-2-4-20(23)25)10-15-11-18-19(30-13-29-18)12-16(15)24(27)28/h2-4,7,10-12,14H,5-6,8-9,13H2,1H3/b17-10+. The fraction of sp³-hybridized carbons (Fsp3) is 0.333. The molecular formula is C21H21N3O6. The molecule has 0 spiro atoms. The molecule has 0 radical (unpaired) electrons. The number of piperidine rings is 1. The van der Waals surface area contributed by atoms with Crippen LogP contribution in [0.4, 0.5) is 5.69 Å². The number of carbonyl (C=O) groups is 1. The van der Waals surface area contributed by atoms with Gasteiger partial charge >= 0.3 is 0 Å². The zero-order valence-electron chi connectivity index (χ0n) is 16.4. The number of pyridine rings is 1. The maximum atomic E-state index is 13.3. The molecule has 30 heavy (non-hydrogen) atoms. The molecule has 1 fully saturated rings. The van der Waals surface area contributed by atoms with Crippen molar-refractivity contribution in [2.24, 2.45) is 5.92 Å². The molecule has 156 valence electrons. The van der Waals surface area contributed by atoms with Gasteiger partial charge in [-0.15, -0.1) is 0 Å². The van der Waals surface area contributed by atoms with Crippen LogP contribution in [0, 0.1) is 16.0 Å². The van der Waals surface area contributed by atoms with Gasteiger partial charge in [-0.05, 0) is 37.0 Å². The molecule has 2 aliphatic rings. The molecular weight excluding hydrogens is 390 g/mol. The lowest BCUT2D eigenvalue weighted by atomic mass is 9.99. The summed E-state index contributed by atoms with van der Waals surface area (Å²) in [7, 11) is 0. The predicted octanol–water partition coefficient (Wildman–Crippen LogP) is 2.74. The molecule has 0 bridgehead atoms. The molecule has 2 aliphatic heterocycles. The van der Waals surface area contributed by atoms with Crippen LogP contribution in [0.25, 0.3) is 11.8 Å². The van der Waals surface area contributed by atoms with Crippen molar-refractivity contribution in [1.29, 1.82) is 0 Å². The van der Waals surface area contributed by atoms with Gasteiger partial charge < -0.3 is 14.4 Å². The van der Waals surface area contributed by atoms with E-state index in [9.17, 15) is 19.7 Å². The maximum Gasteiger partial charge on any atom is 0.280 e. The summed E-state index contributed by atoms with van der Waals surface area (Å²) in [5.74, 6) is 0.803. The van der Waals surface area contributed by atoms with Gasteiger partial charge in [0.05, 0.1) is 16.6 Å². The highest BCUT2D eigenvalue weighted by molar-refractivity contribution is 6.18. The Kier molecular flexibility index (Phi) is 5.26. The number of nitro benzene ring substituents is 1. The number of amides is 1. The molecule has 2 aromatic rings. The van der Waals surface area contributed by atoms with Gasteiger partial charge in [0.1, 0.15) is 5.70 Å². The molecule has 4 rings (SSSR count). The van der Waals surface area contributed by atoms with E-state index >= 15 is 0 Å². The first kappa shape index (κ1) is 19.7. The van der Waals surface area contributed by atoms with E-state index in [1.54, 1.807) is 17.0 Å². The van der Waals surface area contributed by atoms with E-state index in [0.29, 0.717) is 24.8 Å². The molecule has 9 heteroatoms. The second-order valence-corrected chi connectivity index (χ2v) is 7.43. The van der Waals surface area contributed by atoms with Gasteiger partial charge in [0.25, 0.3) is 17.2 Å². The summed E-state index contributed by atoms with van der Waals surface area (Å²) in [6.45, 7) is 3.25. The second kappa shape index (κ2) is 8.02. The van der Waals surface area contributed by atoms with Crippen LogP contribution in [0.15, 0.2) is 41.3 Å². The number of carbonyl (C=O) groups excluding carboxylic acids is 1. The van der Waals surface area contributed by atoms with Crippen molar-refractivity contribution in [2.75, 3.05) is 19.9 Å². The number of hydrogen-bond acceptors (Lipinski definition) is 6. The average Bonchev–Trinajstić information content (AvgIpc) is 3.19. The Morgan fingerprint density at radius 1 is 1.20 bits per heavy atom. The largest absolute Gasteiger partial charge is 0.454 e. The monoisotopic (exact) mass is 411 g/mol. The quantitative estimate of drug-likeness (QED) is 0.435. The minimum atomic E-state index is -0.549. The minimum absolute atomic E-state index is 0.0322. The number of fused-ring (bicyclic) bond motifs is 1. The summed E-state index contributed by atoms with van der Waals surface area (Å²) < 4.78 is 11.8. The van der Waals surface area contributed by atoms with Crippen LogP contribution in [-0.4, -0.2) is 40.2 Å². The molecule has 0 aliphatic carbocycles. The van der Waals surface area contributed by atoms with E-state index in [-0.39, 0.29) is 35.4 Å². The third kappa shape index (κ3) is 3.78. The number of hydrogen-bond donors (Lipinski definition) is 0. The number of likely N-dealkylation sites (tertiary alicyclic amines) is 1. The van der Waals surface area contributed by atoms with Crippen LogP contribution < -0.4 is 15.0 Å². The van der Waals surface area contributed by atoms with Gasteiger partial charge in [-0.2, -0.15) is 0 Å². The van der Waals surface area contributed by atoms with Crippen LogP contribution in [0.5, 0.6) is 11.5 Å². The summed E-state index contributed by atoms with van der Waals surface area (Å²) in [4.78, 5) is 38.6. The lowest BCUT2D eigenvalue weighted by molar-refractivity contribution is -0.385. The SMILES string of the molecule is CC1CCN(C(=O)/C(=C\c2cc3c(cc2[N+](=O)[O-])OCO3)n2ccccc2=O)CC1. The van der Waals surface area contributed by atoms with Crippen LogP contribution in [-0.2, 0) is 4.79 Å². The van der Waals surface area contributed by atoms with Crippen molar-refractivity contribution in [2.45, 2.75) is 19.8 Å². The first-order chi connectivity index (χ1) is 14.4. The lowest BCUT2D eigenvalue weighted by Crippen LogP contribution is -2.40. The normalized spacial score (nSPS) is 16.6. The van der Waals surface area contributed by atoms with Crippen LogP contribution >= 0.6 is 0 Å². The van der Waals surface area contributed by atoms with E-state index in [1.165, 1.54) is 35.0 Å². The van der Waals surface area contributed by atoms with E-state index in [1.807, 2.05) is 0 Å². The Morgan fingerprint density at radius 2 is 1.90 bits per heavy atom. The van der Waals surface area contributed by atoms with Gasteiger partial charge in [0.15, 0.2) is 11.5 Å². The van der Waals surface area contributed by atoms with Crippen molar-refractivity contribution in [3.8, 4) is 11.5 Å². The third-order valence-electron chi connectivity index (χ3n) is 5.38.